The number of fused-ring (bicyclic) bond motifs is 2. The third kappa shape index (κ3) is 19.1. The SMILES string of the molecule is CC(C)C[C@@H]1NC(=O)[C@H](CCC[NH3+])NC(=O)[C@H](C(C)C)NC(=O)[C@@H]2CCCN2C(=O)[C@@H](Cc2ccccc2)NC(=O)[C@H](CC(C)C)NC(=O)[C@H](CCC[NH3+])NC(=O)[C@H](C(C)C)NC(=O)[C@@H]2CCCN2C(=O)[C@@H](Cc2ccccc2)NC1=O. The standard InChI is InChI=1S/C60H92N12O10/c1-35(2)31-43-53(75)67-45(33-39-19-11-9-12-20-39)59(81)71-29-17-25-47(71)55(77)70-50(38(7)8)58(80)64-42(24-16-28-62)52(74)66-44(32-36(3)4)54(76)68-46(34-40-21-13-10-14-22-40)60(82)72-30-18-26-48(72)56(78)69-49(37(5)6)57(79)63-41(23-15-27-61)51(73)65-43/h9-14,19-22,35-38,41-50H,15-18,23-34,61-62H2,1-8H3,(H,63,79)(H,64,80)(H,65,73)(H,66,74)(H,67,75)(H,68,76)(H,69,78)(H,70,77)/p+2/t41-,42-,43-,44-,45+,46+,47-,48-,49-,50-/m0/s1. The predicted molar refractivity (Wildman–Crippen MR) is 308 cm³/mol. The van der Waals surface area contributed by atoms with Gasteiger partial charge in [-0.3, -0.25) is 47.9 Å². The lowest BCUT2D eigenvalue weighted by molar-refractivity contribution is -0.369. The molecule has 22 heteroatoms. The molecule has 3 fully saturated rings. The molecule has 82 heavy (non-hydrogen) atoms. The van der Waals surface area contributed by atoms with E-state index in [0.29, 0.717) is 38.8 Å². The van der Waals surface area contributed by atoms with Crippen molar-refractivity contribution in [3.63, 3.8) is 0 Å². The van der Waals surface area contributed by atoms with Crippen molar-refractivity contribution in [3.8, 4) is 0 Å². The Labute approximate surface area is 483 Å². The van der Waals surface area contributed by atoms with E-state index in [9.17, 15) is 47.9 Å². The molecule has 0 bridgehead atoms. The van der Waals surface area contributed by atoms with Crippen molar-refractivity contribution in [1.29, 1.82) is 0 Å². The first-order chi connectivity index (χ1) is 39.0. The zero-order valence-electron chi connectivity index (χ0n) is 49.6. The van der Waals surface area contributed by atoms with Gasteiger partial charge in [0.25, 0.3) is 0 Å². The van der Waals surface area contributed by atoms with Crippen LogP contribution in [-0.2, 0) is 60.8 Å². The van der Waals surface area contributed by atoms with Gasteiger partial charge in [-0.15, -0.1) is 0 Å². The van der Waals surface area contributed by atoms with Crippen molar-refractivity contribution in [3.05, 3.63) is 71.8 Å². The average Bonchev–Trinajstić information content (AvgIpc) is 4.16. The average molecular weight is 1140 g/mol. The van der Waals surface area contributed by atoms with Crippen LogP contribution in [0.1, 0.15) is 131 Å². The summed E-state index contributed by atoms with van der Waals surface area (Å²) in [7, 11) is 0. The molecule has 22 nitrogen and oxygen atoms in total. The molecule has 10 atom stereocenters. The summed E-state index contributed by atoms with van der Waals surface area (Å²) in [4.78, 5) is 149. The molecule has 14 N–H and O–H groups in total. The van der Waals surface area contributed by atoms with Crippen LogP contribution in [0.25, 0.3) is 0 Å². The minimum Gasteiger partial charge on any atom is -0.358 e. The van der Waals surface area contributed by atoms with Crippen molar-refractivity contribution >= 4 is 59.1 Å². The molecular formula is C60H94N12O10+2. The molecule has 2 aromatic carbocycles. The molecule has 0 aromatic heterocycles. The molecule has 0 unspecified atom stereocenters. The van der Waals surface area contributed by atoms with Crippen molar-refractivity contribution in [1.82, 2.24) is 52.3 Å². The molecule has 0 aliphatic carbocycles. The number of rotatable bonds is 16. The van der Waals surface area contributed by atoms with Gasteiger partial charge in [0.1, 0.15) is 60.4 Å². The fraction of sp³-hybridized carbons (Fsp3) is 0.633. The minimum atomic E-state index is -1.20. The molecule has 0 saturated carbocycles. The smallest absolute Gasteiger partial charge is 0.246 e. The fourth-order valence-electron chi connectivity index (χ4n) is 10.9. The van der Waals surface area contributed by atoms with Gasteiger partial charge in [-0.25, -0.2) is 0 Å². The quantitative estimate of drug-likeness (QED) is 0.106. The van der Waals surface area contributed by atoms with Crippen molar-refractivity contribution in [2.45, 2.75) is 193 Å². The number of hydrogen-bond acceptors (Lipinski definition) is 10. The minimum absolute atomic E-state index is 0.0393. The third-order valence-electron chi connectivity index (χ3n) is 15.4. The Kier molecular flexibility index (Phi) is 25.7. The Hall–Kier alpha value is -6.94. The van der Waals surface area contributed by atoms with E-state index in [1.165, 1.54) is 9.80 Å². The zero-order valence-corrected chi connectivity index (χ0v) is 49.6. The van der Waals surface area contributed by atoms with E-state index < -0.39 is 131 Å². The Balaban J connectivity index is 1.58. The molecule has 0 spiro atoms. The molecule has 452 valence electrons. The second-order valence-electron chi connectivity index (χ2n) is 23.8. The Morgan fingerprint density at radius 2 is 0.732 bits per heavy atom. The van der Waals surface area contributed by atoms with Crippen molar-refractivity contribution < 1.29 is 59.4 Å². The van der Waals surface area contributed by atoms with E-state index >= 15 is 0 Å². The lowest BCUT2D eigenvalue weighted by Crippen LogP contribution is -2.62. The molecule has 2 aromatic rings. The summed E-state index contributed by atoms with van der Waals surface area (Å²) >= 11 is 0. The number of quaternary nitrogens is 2. The van der Waals surface area contributed by atoms with E-state index in [1.54, 1.807) is 52.0 Å². The largest absolute Gasteiger partial charge is 0.358 e. The first-order valence-electron chi connectivity index (χ1n) is 29.7. The third-order valence-corrected chi connectivity index (χ3v) is 15.4. The Morgan fingerprint density at radius 1 is 0.415 bits per heavy atom. The van der Waals surface area contributed by atoms with Crippen LogP contribution < -0.4 is 54.0 Å². The van der Waals surface area contributed by atoms with Gasteiger partial charge in [0.05, 0.1) is 13.1 Å². The van der Waals surface area contributed by atoms with Crippen LogP contribution in [0.4, 0.5) is 0 Å². The topological polar surface area (TPSA) is 329 Å². The lowest BCUT2D eigenvalue weighted by Gasteiger charge is -2.33. The Morgan fingerprint density at radius 3 is 1.05 bits per heavy atom. The summed E-state index contributed by atoms with van der Waals surface area (Å²) < 4.78 is 0. The molecule has 0 radical (unpaired) electrons. The summed E-state index contributed by atoms with van der Waals surface area (Å²) in [6.07, 6.45) is 2.91. The summed E-state index contributed by atoms with van der Waals surface area (Å²) in [5.74, 6) is -7.50. The summed E-state index contributed by atoms with van der Waals surface area (Å²) in [5, 5.41) is 23.0. The van der Waals surface area contributed by atoms with Gasteiger partial charge in [0.2, 0.25) is 59.1 Å². The molecular weight excluding hydrogens is 1050 g/mol. The molecule has 5 rings (SSSR count). The van der Waals surface area contributed by atoms with Crippen LogP contribution in [0, 0.1) is 23.7 Å². The Bertz CT molecular complexity index is 2330. The number of nitrogens with one attached hydrogen (secondary N) is 8. The van der Waals surface area contributed by atoms with Gasteiger partial charge in [-0.2, -0.15) is 0 Å². The molecule has 10 amide bonds. The second-order valence-corrected chi connectivity index (χ2v) is 23.8. The first-order valence-corrected chi connectivity index (χ1v) is 29.7. The highest BCUT2D eigenvalue weighted by Gasteiger charge is 2.43. The number of carbonyl (C=O) groups excluding carboxylic acids is 10. The van der Waals surface area contributed by atoms with E-state index in [2.05, 4.69) is 54.0 Å². The predicted octanol–water partition coefficient (Wildman–Crippen LogP) is -0.206. The van der Waals surface area contributed by atoms with E-state index in [-0.39, 0.29) is 76.3 Å². The number of amides is 10. The summed E-state index contributed by atoms with van der Waals surface area (Å²) in [5.41, 5.74) is 9.30. The van der Waals surface area contributed by atoms with Crippen LogP contribution in [0.5, 0.6) is 0 Å². The van der Waals surface area contributed by atoms with Crippen LogP contribution in [0.15, 0.2) is 60.7 Å². The molecule has 3 aliphatic rings. The molecule has 3 heterocycles. The van der Waals surface area contributed by atoms with Gasteiger partial charge in [-0.05, 0) is 99.0 Å². The van der Waals surface area contributed by atoms with Crippen molar-refractivity contribution in [2.75, 3.05) is 26.2 Å². The van der Waals surface area contributed by atoms with Gasteiger partial charge in [0, 0.05) is 25.9 Å². The van der Waals surface area contributed by atoms with Crippen LogP contribution >= 0.6 is 0 Å². The van der Waals surface area contributed by atoms with E-state index in [0.717, 1.165) is 11.1 Å². The van der Waals surface area contributed by atoms with Crippen LogP contribution in [-0.4, -0.2) is 155 Å². The maximum atomic E-state index is 14.9. The number of nitrogens with zero attached hydrogens (tertiary/aromatic N) is 2. The van der Waals surface area contributed by atoms with Gasteiger partial charge in [0.15, 0.2) is 0 Å². The first kappa shape index (κ1) is 65.9. The van der Waals surface area contributed by atoms with Gasteiger partial charge >= 0.3 is 0 Å². The zero-order chi connectivity index (χ0) is 60.2. The highest BCUT2D eigenvalue weighted by molar-refractivity contribution is 6.00. The van der Waals surface area contributed by atoms with Crippen LogP contribution in [0.3, 0.4) is 0 Å². The van der Waals surface area contributed by atoms with Gasteiger partial charge < -0.3 is 63.8 Å². The number of carbonyl (C=O) groups is 10. The summed E-state index contributed by atoms with van der Waals surface area (Å²) in [6.45, 7) is 15.7. The van der Waals surface area contributed by atoms with E-state index in [1.807, 2.05) is 64.1 Å². The van der Waals surface area contributed by atoms with E-state index in [4.69, 9.17) is 0 Å². The maximum absolute atomic E-state index is 14.9. The van der Waals surface area contributed by atoms with Crippen LogP contribution in [0.2, 0.25) is 0 Å². The summed E-state index contributed by atoms with van der Waals surface area (Å²) in [6, 6.07) is 6.59. The number of benzene rings is 2. The highest BCUT2D eigenvalue weighted by atomic mass is 16.2. The highest BCUT2D eigenvalue weighted by Crippen LogP contribution is 2.24. The fourth-order valence-corrected chi connectivity index (χ4v) is 10.9. The van der Waals surface area contributed by atoms with Crippen molar-refractivity contribution in [2.24, 2.45) is 23.7 Å². The monoisotopic (exact) mass is 1140 g/mol. The lowest BCUT2D eigenvalue weighted by atomic mass is 9.99. The molecule has 3 aliphatic heterocycles. The maximum Gasteiger partial charge on any atom is 0.246 e. The molecule has 3 saturated heterocycles. The number of hydrogen-bond donors (Lipinski definition) is 10. The second kappa shape index (κ2) is 32.0. The van der Waals surface area contributed by atoms with Gasteiger partial charge in [-0.1, -0.05) is 116 Å². The normalized spacial score (nSPS) is 26.6.